The summed E-state index contributed by atoms with van der Waals surface area (Å²) in [5.41, 5.74) is 2.08. The van der Waals surface area contributed by atoms with Crippen molar-refractivity contribution in [1.82, 2.24) is 9.97 Å². The second-order valence-corrected chi connectivity index (χ2v) is 7.69. The molecule has 6 nitrogen and oxygen atoms in total. The molecule has 4 rings (SSSR count). The van der Waals surface area contributed by atoms with Crippen LogP contribution in [0, 0.1) is 6.92 Å². The van der Waals surface area contributed by atoms with Gasteiger partial charge in [-0.3, -0.25) is 0 Å². The molecule has 0 spiro atoms. The fourth-order valence-corrected chi connectivity index (χ4v) is 3.78. The molecule has 0 aliphatic carbocycles. The van der Waals surface area contributed by atoms with Crippen molar-refractivity contribution in [3.05, 3.63) is 71.1 Å². The van der Waals surface area contributed by atoms with Crippen LogP contribution in [0.3, 0.4) is 0 Å². The van der Waals surface area contributed by atoms with Gasteiger partial charge in [-0.2, -0.15) is 0 Å². The third-order valence-electron chi connectivity index (χ3n) is 5.05. The molecule has 0 radical (unpaired) electrons. The van der Waals surface area contributed by atoms with Crippen LogP contribution in [-0.2, 0) is 4.74 Å². The predicted molar refractivity (Wildman–Crippen MR) is 120 cm³/mol. The fraction of sp³-hybridized carbons (Fsp3) is 0.304. The minimum absolute atomic E-state index is 0.126. The topological polar surface area (TPSA) is 59.5 Å². The van der Waals surface area contributed by atoms with Crippen molar-refractivity contribution < 1.29 is 9.47 Å². The van der Waals surface area contributed by atoms with Crippen molar-refractivity contribution in [3.8, 4) is 11.5 Å². The molecule has 7 heteroatoms. The number of hydrogen-bond donors (Lipinski definition) is 1. The van der Waals surface area contributed by atoms with E-state index in [0.717, 1.165) is 48.2 Å². The first-order valence-electron chi connectivity index (χ1n) is 10.00. The van der Waals surface area contributed by atoms with Crippen molar-refractivity contribution in [2.75, 3.05) is 37.0 Å². The van der Waals surface area contributed by atoms with Gasteiger partial charge in [0.15, 0.2) is 0 Å². The number of nitrogens with zero attached hydrogens (tertiary/aromatic N) is 3. The smallest absolute Gasteiger partial charge is 0.137 e. The SMILES string of the molecule is COCCN1CCC(Nc2cccc(Oc3cccc(Cl)c3)c2)c2cnc(C)nc21. The summed E-state index contributed by atoms with van der Waals surface area (Å²) in [5, 5.41) is 4.27. The summed E-state index contributed by atoms with van der Waals surface area (Å²) in [6, 6.07) is 15.4. The average molecular weight is 425 g/mol. The van der Waals surface area contributed by atoms with Crippen molar-refractivity contribution >= 4 is 23.1 Å². The molecule has 0 saturated heterocycles. The average Bonchev–Trinajstić information content (AvgIpc) is 2.73. The minimum atomic E-state index is 0.126. The molecule has 2 aromatic carbocycles. The van der Waals surface area contributed by atoms with E-state index in [0.29, 0.717) is 17.4 Å². The van der Waals surface area contributed by atoms with E-state index in [1.807, 2.05) is 55.6 Å². The molecule has 1 atom stereocenters. The molecule has 0 bridgehead atoms. The van der Waals surface area contributed by atoms with Crippen molar-refractivity contribution in [2.24, 2.45) is 0 Å². The second kappa shape index (κ2) is 9.32. The first-order chi connectivity index (χ1) is 14.6. The van der Waals surface area contributed by atoms with Crippen LogP contribution < -0.4 is 15.0 Å². The Hall–Kier alpha value is -2.83. The van der Waals surface area contributed by atoms with E-state index < -0.39 is 0 Å². The molecule has 0 saturated carbocycles. The highest BCUT2D eigenvalue weighted by Crippen LogP contribution is 2.35. The summed E-state index contributed by atoms with van der Waals surface area (Å²) in [5.74, 6) is 3.21. The number of hydrogen-bond acceptors (Lipinski definition) is 6. The maximum Gasteiger partial charge on any atom is 0.137 e. The number of methoxy groups -OCH3 is 1. The van der Waals surface area contributed by atoms with Gasteiger partial charge in [0.2, 0.25) is 0 Å². The number of fused-ring (bicyclic) bond motifs is 1. The van der Waals surface area contributed by atoms with Crippen molar-refractivity contribution in [1.29, 1.82) is 0 Å². The van der Waals surface area contributed by atoms with Gasteiger partial charge in [-0.1, -0.05) is 23.7 Å². The molecule has 2 heterocycles. The van der Waals surface area contributed by atoms with Gasteiger partial charge in [0.05, 0.1) is 12.6 Å². The van der Waals surface area contributed by atoms with Crippen LogP contribution in [0.2, 0.25) is 5.02 Å². The quantitative estimate of drug-likeness (QED) is 0.559. The summed E-state index contributed by atoms with van der Waals surface area (Å²) >= 11 is 6.06. The Kier molecular flexibility index (Phi) is 6.35. The van der Waals surface area contributed by atoms with Gasteiger partial charge in [-0.25, -0.2) is 9.97 Å². The van der Waals surface area contributed by atoms with E-state index in [9.17, 15) is 0 Å². The lowest BCUT2D eigenvalue weighted by molar-refractivity contribution is 0.204. The molecule has 1 aliphatic heterocycles. The first kappa shape index (κ1) is 20.4. The normalized spacial score (nSPS) is 15.6. The molecule has 0 fully saturated rings. The van der Waals surface area contributed by atoms with E-state index in [-0.39, 0.29) is 6.04 Å². The lowest BCUT2D eigenvalue weighted by atomic mass is 10.0. The van der Waals surface area contributed by atoms with Crippen LogP contribution in [0.1, 0.15) is 23.9 Å². The Morgan fingerprint density at radius 3 is 2.77 bits per heavy atom. The Morgan fingerprint density at radius 2 is 1.97 bits per heavy atom. The largest absolute Gasteiger partial charge is 0.457 e. The number of nitrogens with one attached hydrogen (secondary N) is 1. The van der Waals surface area contributed by atoms with Crippen molar-refractivity contribution in [3.63, 3.8) is 0 Å². The van der Waals surface area contributed by atoms with Crippen molar-refractivity contribution in [2.45, 2.75) is 19.4 Å². The standard InChI is InChI=1S/C23H25ClN4O2/c1-16-25-15-21-22(9-10-28(11-12-29-2)23(21)26-16)27-18-6-4-8-20(14-18)30-19-7-3-5-17(24)13-19/h3-8,13-15,22,27H,9-12H2,1-2H3. The summed E-state index contributed by atoms with van der Waals surface area (Å²) in [6.07, 6.45) is 2.88. The molecule has 1 aromatic heterocycles. The zero-order valence-electron chi connectivity index (χ0n) is 17.1. The van der Waals surface area contributed by atoms with Gasteiger partial charge in [-0.15, -0.1) is 0 Å². The van der Waals surface area contributed by atoms with Gasteiger partial charge in [-0.05, 0) is 43.7 Å². The maximum atomic E-state index is 6.06. The summed E-state index contributed by atoms with van der Waals surface area (Å²) in [6.45, 7) is 4.31. The van der Waals surface area contributed by atoms with E-state index in [4.69, 9.17) is 26.1 Å². The zero-order chi connectivity index (χ0) is 20.9. The number of ether oxygens (including phenoxy) is 2. The lowest BCUT2D eigenvalue weighted by Gasteiger charge is -2.35. The maximum absolute atomic E-state index is 6.06. The van der Waals surface area contributed by atoms with Gasteiger partial charge in [0.1, 0.15) is 23.1 Å². The summed E-state index contributed by atoms with van der Waals surface area (Å²) < 4.78 is 11.2. The number of benzene rings is 2. The van der Waals surface area contributed by atoms with Gasteiger partial charge < -0.3 is 19.7 Å². The molecular formula is C23H25ClN4O2. The van der Waals surface area contributed by atoms with Crippen LogP contribution in [-0.4, -0.2) is 36.8 Å². The number of rotatable bonds is 7. The van der Waals surface area contributed by atoms with E-state index in [2.05, 4.69) is 15.2 Å². The molecule has 3 aromatic rings. The zero-order valence-corrected chi connectivity index (χ0v) is 17.9. The monoisotopic (exact) mass is 424 g/mol. The molecular weight excluding hydrogens is 400 g/mol. The Bertz CT molecular complexity index is 1010. The second-order valence-electron chi connectivity index (χ2n) is 7.25. The fourth-order valence-electron chi connectivity index (χ4n) is 3.60. The third-order valence-corrected chi connectivity index (χ3v) is 5.29. The summed E-state index contributed by atoms with van der Waals surface area (Å²) in [4.78, 5) is 11.4. The molecule has 1 N–H and O–H groups in total. The van der Waals surface area contributed by atoms with Crippen LogP contribution >= 0.6 is 11.6 Å². The minimum Gasteiger partial charge on any atom is -0.457 e. The number of anilines is 2. The highest BCUT2D eigenvalue weighted by atomic mass is 35.5. The van der Waals surface area contributed by atoms with Gasteiger partial charge >= 0.3 is 0 Å². The Labute approximate surface area is 181 Å². The molecule has 1 aliphatic rings. The number of aromatic nitrogens is 2. The van der Waals surface area contributed by atoms with E-state index in [1.165, 1.54) is 0 Å². The third kappa shape index (κ3) is 4.83. The molecule has 156 valence electrons. The Balaban J connectivity index is 1.53. The van der Waals surface area contributed by atoms with Crippen LogP contribution in [0.4, 0.5) is 11.5 Å². The number of halogens is 1. The van der Waals surface area contributed by atoms with Gasteiger partial charge in [0.25, 0.3) is 0 Å². The highest BCUT2D eigenvalue weighted by Gasteiger charge is 2.27. The molecule has 30 heavy (non-hydrogen) atoms. The predicted octanol–water partition coefficient (Wildman–Crippen LogP) is 5.24. The van der Waals surface area contributed by atoms with Crippen LogP contribution in [0.25, 0.3) is 0 Å². The van der Waals surface area contributed by atoms with E-state index >= 15 is 0 Å². The highest BCUT2D eigenvalue weighted by molar-refractivity contribution is 6.30. The lowest BCUT2D eigenvalue weighted by Crippen LogP contribution is -2.36. The van der Waals surface area contributed by atoms with Crippen LogP contribution in [0.15, 0.2) is 54.7 Å². The Morgan fingerprint density at radius 1 is 1.17 bits per heavy atom. The summed E-state index contributed by atoms with van der Waals surface area (Å²) in [7, 11) is 1.72. The van der Waals surface area contributed by atoms with E-state index in [1.54, 1.807) is 13.2 Å². The first-order valence-corrected chi connectivity index (χ1v) is 10.4. The molecule has 0 amide bonds. The molecule has 1 unspecified atom stereocenters. The van der Waals surface area contributed by atoms with Gasteiger partial charge in [0, 0.05) is 48.7 Å². The number of aryl methyl sites for hydroxylation is 1. The van der Waals surface area contributed by atoms with Crippen LogP contribution in [0.5, 0.6) is 11.5 Å².